The first-order chi connectivity index (χ1) is 15.2. The molecular formula is C25H23N3O3. The number of amides is 2. The molecule has 2 atom stereocenters. The Balaban J connectivity index is 1.36. The molecule has 0 bridgehead atoms. The van der Waals surface area contributed by atoms with Crippen molar-refractivity contribution in [2.75, 3.05) is 6.54 Å². The van der Waals surface area contributed by atoms with Crippen molar-refractivity contribution in [2.45, 2.75) is 12.5 Å². The number of hydrogen-bond acceptors (Lipinski definition) is 4. The Kier molecular flexibility index (Phi) is 6.38. The molecule has 156 valence electrons. The Morgan fingerprint density at radius 1 is 1.03 bits per heavy atom. The van der Waals surface area contributed by atoms with Crippen LogP contribution in [-0.4, -0.2) is 24.6 Å². The highest BCUT2D eigenvalue weighted by Gasteiger charge is 2.40. The number of carbonyl (C=O) groups excluding carboxylic acids is 2. The van der Waals surface area contributed by atoms with E-state index in [4.69, 9.17) is 4.74 Å². The van der Waals surface area contributed by atoms with Crippen molar-refractivity contribution in [3.05, 3.63) is 102 Å². The molecule has 6 nitrogen and oxygen atoms in total. The zero-order chi connectivity index (χ0) is 21.5. The SMILES string of the molecule is O=C1NC[C@@H](c2ccccc2)[C@@H]1C(=O)NN=Cc1cccc(OCc2ccccc2)c1. The lowest BCUT2D eigenvalue weighted by molar-refractivity contribution is -0.133. The summed E-state index contributed by atoms with van der Waals surface area (Å²) in [5, 5.41) is 6.82. The van der Waals surface area contributed by atoms with Crippen LogP contribution in [-0.2, 0) is 16.2 Å². The van der Waals surface area contributed by atoms with Crippen molar-refractivity contribution in [3.8, 4) is 5.75 Å². The van der Waals surface area contributed by atoms with Gasteiger partial charge >= 0.3 is 0 Å². The van der Waals surface area contributed by atoms with Gasteiger partial charge in [-0.1, -0.05) is 72.8 Å². The predicted molar refractivity (Wildman–Crippen MR) is 119 cm³/mol. The molecule has 4 rings (SSSR count). The largest absolute Gasteiger partial charge is 0.489 e. The number of benzene rings is 3. The van der Waals surface area contributed by atoms with Crippen LogP contribution in [0.5, 0.6) is 5.75 Å². The first-order valence-electron chi connectivity index (χ1n) is 10.1. The Bertz CT molecular complexity index is 1070. The zero-order valence-corrected chi connectivity index (χ0v) is 16.9. The highest BCUT2D eigenvalue weighted by molar-refractivity contribution is 6.03. The molecular weight excluding hydrogens is 390 g/mol. The number of hydrazone groups is 1. The van der Waals surface area contributed by atoms with E-state index in [9.17, 15) is 9.59 Å². The number of hydrogen-bond donors (Lipinski definition) is 2. The summed E-state index contributed by atoms with van der Waals surface area (Å²) in [7, 11) is 0. The van der Waals surface area contributed by atoms with Gasteiger partial charge in [0.05, 0.1) is 6.21 Å². The van der Waals surface area contributed by atoms with Gasteiger partial charge in [-0.2, -0.15) is 5.10 Å². The molecule has 2 N–H and O–H groups in total. The quantitative estimate of drug-likeness (QED) is 0.355. The van der Waals surface area contributed by atoms with Gasteiger partial charge in [-0.25, -0.2) is 5.43 Å². The maximum Gasteiger partial charge on any atom is 0.253 e. The molecule has 1 fully saturated rings. The highest BCUT2D eigenvalue weighted by atomic mass is 16.5. The van der Waals surface area contributed by atoms with E-state index in [2.05, 4.69) is 15.8 Å². The van der Waals surface area contributed by atoms with Crippen molar-refractivity contribution in [1.29, 1.82) is 0 Å². The monoisotopic (exact) mass is 413 g/mol. The first kappa shape index (κ1) is 20.3. The van der Waals surface area contributed by atoms with E-state index in [0.717, 1.165) is 16.7 Å². The van der Waals surface area contributed by atoms with Gasteiger partial charge < -0.3 is 10.1 Å². The standard InChI is InChI=1S/C25H23N3O3/c29-24-23(22(16-26-24)20-11-5-2-6-12-20)25(30)28-27-15-19-10-7-13-21(14-19)31-17-18-8-3-1-4-9-18/h1-15,22-23H,16-17H2,(H,26,29)(H,28,30)/t22-,23-/m0/s1. The van der Waals surface area contributed by atoms with Gasteiger partial charge in [0.1, 0.15) is 18.3 Å². The summed E-state index contributed by atoms with van der Waals surface area (Å²) in [5.74, 6) is -1.01. The van der Waals surface area contributed by atoms with Gasteiger partial charge in [-0.05, 0) is 28.8 Å². The summed E-state index contributed by atoms with van der Waals surface area (Å²) in [4.78, 5) is 24.9. The smallest absolute Gasteiger partial charge is 0.253 e. The van der Waals surface area contributed by atoms with Crippen LogP contribution >= 0.6 is 0 Å². The molecule has 0 radical (unpaired) electrons. The molecule has 1 aliphatic heterocycles. The normalized spacial score (nSPS) is 18.0. The second-order valence-electron chi connectivity index (χ2n) is 7.32. The summed E-state index contributed by atoms with van der Waals surface area (Å²) < 4.78 is 5.82. The van der Waals surface area contributed by atoms with Gasteiger partial charge in [0.2, 0.25) is 5.91 Å². The van der Waals surface area contributed by atoms with Crippen molar-refractivity contribution < 1.29 is 14.3 Å². The second kappa shape index (κ2) is 9.71. The highest BCUT2D eigenvalue weighted by Crippen LogP contribution is 2.29. The number of nitrogens with one attached hydrogen (secondary N) is 2. The van der Waals surface area contributed by atoms with Crippen LogP contribution in [0, 0.1) is 5.92 Å². The molecule has 1 heterocycles. The second-order valence-corrected chi connectivity index (χ2v) is 7.32. The number of carbonyl (C=O) groups is 2. The lowest BCUT2D eigenvalue weighted by Gasteiger charge is -2.15. The van der Waals surface area contributed by atoms with E-state index in [-0.39, 0.29) is 11.8 Å². The van der Waals surface area contributed by atoms with Gasteiger partial charge in [0, 0.05) is 12.5 Å². The third-order valence-electron chi connectivity index (χ3n) is 5.19. The lowest BCUT2D eigenvalue weighted by atomic mass is 9.88. The minimum atomic E-state index is -0.805. The van der Waals surface area contributed by atoms with E-state index >= 15 is 0 Å². The average molecular weight is 413 g/mol. The fourth-order valence-electron chi connectivity index (χ4n) is 3.60. The molecule has 1 aliphatic rings. The maximum absolute atomic E-state index is 12.6. The Hall–Kier alpha value is -3.93. The predicted octanol–water partition coefficient (Wildman–Crippen LogP) is 3.25. The lowest BCUT2D eigenvalue weighted by Crippen LogP contribution is -2.34. The minimum Gasteiger partial charge on any atom is -0.489 e. The van der Waals surface area contributed by atoms with Crippen LogP contribution in [0.4, 0.5) is 0 Å². The third-order valence-corrected chi connectivity index (χ3v) is 5.19. The topological polar surface area (TPSA) is 79.8 Å². The third kappa shape index (κ3) is 5.17. The number of nitrogens with zero attached hydrogens (tertiary/aromatic N) is 1. The van der Waals surface area contributed by atoms with Crippen LogP contribution in [0.2, 0.25) is 0 Å². The van der Waals surface area contributed by atoms with Crippen molar-refractivity contribution >= 4 is 18.0 Å². The summed E-state index contributed by atoms with van der Waals surface area (Å²) in [6.45, 7) is 0.904. The summed E-state index contributed by atoms with van der Waals surface area (Å²) >= 11 is 0. The van der Waals surface area contributed by atoms with Crippen LogP contribution in [0.25, 0.3) is 0 Å². The molecule has 3 aromatic carbocycles. The van der Waals surface area contributed by atoms with Crippen molar-refractivity contribution in [2.24, 2.45) is 11.0 Å². The van der Waals surface area contributed by atoms with E-state index in [1.807, 2.05) is 84.9 Å². The Morgan fingerprint density at radius 2 is 1.77 bits per heavy atom. The van der Waals surface area contributed by atoms with Gasteiger partial charge in [-0.3, -0.25) is 9.59 Å². The Morgan fingerprint density at radius 3 is 2.55 bits per heavy atom. The average Bonchev–Trinajstić information content (AvgIpc) is 3.21. The van der Waals surface area contributed by atoms with Gasteiger partial charge in [-0.15, -0.1) is 0 Å². The maximum atomic E-state index is 12.6. The number of rotatable bonds is 7. The molecule has 1 saturated heterocycles. The van der Waals surface area contributed by atoms with Crippen LogP contribution < -0.4 is 15.5 Å². The van der Waals surface area contributed by atoms with E-state index in [1.54, 1.807) is 0 Å². The molecule has 3 aromatic rings. The van der Waals surface area contributed by atoms with Crippen molar-refractivity contribution in [3.63, 3.8) is 0 Å². The summed E-state index contributed by atoms with van der Waals surface area (Å²) in [5.41, 5.74) is 5.32. The fraction of sp³-hybridized carbons (Fsp3) is 0.160. The molecule has 31 heavy (non-hydrogen) atoms. The van der Waals surface area contributed by atoms with Gasteiger partial charge in [0.25, 0.3) is 5.91 Å². The van der Waals surface area contributed by atoms with E-state index in [1.165, 1.54) is 6.21 Å². The van der Waals surface area contributed by atoms with Crippen LogP contribution in [0.15, 0.2) is 90.0 Å². The van der Waals surface area contributed by atoms with E-state index in [0.29, 0.717) is 18.9 Å². The van der Waals surface area contributed by atoms with Crippen molar-refractivity contribution in [1.82, 2.24) is 10.7 Å². The molecule has 0 saturated carbocycles. The number of ether oxygens (including phenoxy) is 1. The van der Waals surface area contributed by atoms with Crippen LogP contribution in [0.1, 0.15) is 22.6 Å². The zero-order valence-electron chi connectivity index (χ0n) is 16.9. The molecule has 0 aromatic heterocycles. The fourth-order valence-corrected chi connectivity index (χ4v) is 3.60. The minimum absolute atomic E-state index is 0.210. The molecule has 0 spiro atoms. The molecule has 2 amide bonds. The first-order valence-corrected chi connectivity index (χ1v) is 10.1. The van der Waals surface area contributed by atoms with Crippen LogP contribution in [0.3, 0.4) is 0 Å². The van der Waals surface area contributed by atoms with Gasteiger partial charge in [0.15, 0.2) is 0 Å². The molecule has 6 heteroatoms. The molecule has 0 aliphatic carbocycles. The summed E-state index contributed by atoms with van der Waals surface area (Å²) in [6.07, 6.45) is 1.54. The summed E-state index contributed by atoms with van der Waals surface area (Å²) in [6, 6.07) is 26.9. The Labute approximate surface area is 180 Å². The van der Waals surface area contributed by atoms with E-state index < -0.39 is 11.8 Å². The molecule has 0 unspecified atom stereocenters.